The predicted molar refractivity (Wildman–Crippen MR) is 87.9 cm³/mol. The molecule has 1 amide bonds. The molecule has 116 valence electrons. The summed E-state index contributed by atoms with van der Waals surface area (Å²) in [7, 11) is 3.85. The van der Waals surface area contributed by atoms with Gasteiger partial charge in [0, 0.05) is 25.5 Å². The summed E-state index contributed by atoms with van der Waals surface area (Å²) in [6, 6.07) is 7.30. The number of carbonyl (C=O) groups excluding carboxylic acids is 1. The van der Waals surface area contributed by atoms with E-state index in [-0.39, 0.29) is 22.5 Å². The Morgan fingerprint density at radius 1 is 1.27 bits per heavy atom. The normalized spacial score (nSPS) is 10.4. The summed E-state index contributed by atoms with van der Waals surface area (Å²) in [5, 5.41) is 6.37. The molecule has 0 saturated carbocycles. The summed E-state index contributed by atoms with van der Waals surface area (Å²) in [5.41, 5.74) is 1.04. The van der Waals surface area contributed by atoms with Crippen molar-refractivity contribution in [2.45, 2.75) is 6.54 Å². The standard InChI is InChI=1S/C14H14Cl2N4O2/c1-19(2)10-5-3-9(4-6-10)18-12(21)8-20-14(22)13(16)11(15)7-17-20/h3-7H,8H2,1-2H3,(H,18,21). The van der Waals surface area contributed by atoms with Crippen LogP contribution in [0.15, 0.2) is 35.3 Å². The lowest BCUT2D eigenvalue weighted by Gasteiger charge is -2.13. The van der Waals surface area contributed by atoms with E-state index in [1.54, 1.807) is 12.1 Å². The molecular formula is C14H14Cl2N4O2. The summed E-state index contributed by atoms with van der Waals surface area (Å²) >= 11 is 11.4. The fraction of sp³-hybridized carbons (Fsp3) is 0.214. The molecule has 0 aliphatic heterocycles. The average molecular weight is 341 g/mol. The van der Waals surface area contributed by atoms with Crippen molar-refractivity contribution in [1.82, 2.24) is 9.78 Å². The van der Waals surface area contributed by atoms with Crippen LogP contribution >= 0.6 is 23.2 Å². The van der Waals surface area contributed by atoms with Crippen LogP contribution in [0, 0.1) is 0 Å². The van der Waals surface area contributed by atoms with Crippen LogP contribution < -0.4 is 15.8 Å². The van der Waals surface area contributed by atoms with Gasteiger partial charge in [-0.05, 0) is 24.3 Å². The molecular weight excluding hydrogens is 327 g/mol. The van der Waals surface area contributed by atoms with Crippen molar-refractivity contribution in [3.8, 4) is 0 Å². The number of aromatic nitrogens is 2. The van der Waals surface area contributed by atoms with E-state index in [1.807, 2.05) is 31.1 Å². The molecule has 2 rings (SSSR count). The number of hydrogen-bond acceptors (Lipinski definition) is 4. The van der Waals surface area contributed by atoms with Crippen molar-refractivity contribution >= 4 is 40.5 Å². The Labute approximate surface area is 137 Å². The molecule has 0 fully saturated rings. The summed E-state index contributed by atoms with van der Waals surface area (Å²) < 4.78 is 0.956. The third-order valence-corrected chi connectivity index (χ3v) is 3.65. The van der Waals surface area contributed by atoms with E-state index in [1.165, 1.54) is 6.20 Å². The van der Waals surface area contributed by atoms with Crippen LogP contribution in [-0.2, 0) is 11.3 Å². The smallest absolute Gasteiger partial charge is 0.287 e. The summed E-state index contributed by atoms with van der Waals surface area (Å²) in [4.78, 5) is 25.7. The van der Waals surface area contributed by atoms with Crippen molar-refractivity contribution < 1.29 is 4.79 Å². The monoisotopic (exact) mass is 340 g/mol. The van der Waals surface area contributed by atoms with Gasteiger partial charge in [-0.15, -0.1) is 0 Å². The number of nitrogens with one attached hydrogen (secondary N) is 1. The quantitative estimate of drug-likeness (QED) is 0.926. The highest BCUT2D eigenvalue weighted by atomic mass is 35.5. The maximum absolute atomic E-state index is 12.0. The second-order valence-electron chi connectivity index (χ2n) is 4.76. The van der Waals surface area contributed by atoms with Gasteiger partial charge in [0.15, 0.2) is 0 Å². The molecule has 8 heteroatoms. The van der Waals surface area contributed by atoms with Crippen LogP contribution in [0.5, 0.6) is 0 Å². The van der Waals surface area contributed by atoms with E-state index in [0.29, 0.717) is 5.69 Å². The fourth-order valence-corrected chi connectivity index (χ4v) is 2.01. The van der Waals surface area contributed by atoms with Gasteiger partial charge in [0.2, 0.25) is 5.91 Å². The van der Waals surface area contributed by atoms with Gasteiger partial charge >= 0.3 is 0 Å². The SMILES string of the molecule is CN(C)c1ccc(NC(=O)Cn2ncc(Cl)c(Cl)c2=O)cc1. The van der Waals surface area contributed by atoms with Gasteiger partial charge in [0.05, 0.1) is 11.2 Å². The minimum atomic E-state index is -0.604. The molecule has 0 atom stereocenters. The highest BCUT2D eigenvalue weighted by Crippen LogP contribution is 2.16. The number of rotatable bonds is 4. The van der Waals surface area contributed by atoms with E-state index in [0.717, 1.165) is 10.4 Å². The van der Waals surface area contributed by atoms with Crippen LogP contribution in [-0.4, -0.2) is 29.8 Å². The minimum Gasteiger partial charge on any atom is -0.378 e. The maximum Gasteiger partial charge on any atom is 0.287 e. The van der Waals surface area contributed by atoms with Gasteiger partial charge in [-0.2, -0.15) is 5.10 Å². The first-order valence-corrected chi connectivity index (χ1v) is 7.12. The van der Waals surface area contributed by atoms with Crippen molar-refractivity contribution in [1.29, 1.82) is 0 Å². The first kappa shape index (κ1) is 16.3. The van der Waals surface area contributed by atoms with Gasteiger partial charge < -0.3 is 10.2 Å². The van der Waals surface area contributed by atoms with Crippen LogP contribution in [0.1, 0.15) is 0 Å². The van der Waals surface area contributed by atoms with E-state index in [9.17, 15) is 9.59 Å². The fourth-order valence-electron chi connectivity index (χ4n) is 1.74. The lowest BCUT2D eigenvalue weighted by atomic mass is 10.2. The Balaban J connectivity index is 2.07. The number of anilines is 2. The maximum atomic E-state index is 12.0. The molecule has 1 N–H and O–H groups in total. The van der Waals surface area contributed by atoms with Crippen LogP contribution in [0.2, 0.25) is 10.0 Å². The summed E-state index contributed by atoms with van der Waals surface area (Å²) in [5.74, 6) is -0.384. The number of halogens is 2. The van der Waals surface area contributed by atoms with E-state index in [2.05, 4.69) is 10.4 Å². The zero-order valence-electron chi connectivity index (χ0n) is 12.0. The highest BCUT2D eigenvalue weighted by molar-refractivity contribution is 6.41. The molecule has 1 aromatic heterocycles. The first-order valence-electron chi connectivity index (χ1n) is 6.37. The van der Waals surface area contributed by atoms with Crippen LogP contribution in [0.4, 0.5) is 11.4 Å². The number of hydrogen-bond donors (Lipinski definition) is 1. The molecule has 1 aromatic carbocycles. The molecule has 0 bridgehead atoms. The molecule has 0 aliphatic rings. The largest absolute Gasteiger partial charge is 0.378 e. The van der Waals surface area contributed by atoms with Crippen LogP contribution in [0.3, 0.4) is 0 Å². The minimum absolute atomic E-state index is 0.0580. The number of nitrogens with zero attached hydrogens (tertiary/aromatic N) is 3. The van der Waals surface area contributed by atoms with Crippen molar-refractivity contribution in [3.05, 3.63) is 50.9 Å². The third-order valence-electron chi connectivity index (χ3n) is 2.90. The lowest BCUT2D eigenvalue weighted by molar-refractivity contribution is -0.117. The summed E-state index contributed by atoms with van der Waals surface area (Å²) in [6.07, 6.45) is 1.23. The van der Waals surface area contributed by atoms with Gasteiger partial charge in [0.25, 0.3) is 5.56 Å². The second-order valence-corrected chi connectivity index (χ2v) is 5.54. The van der Waals surface area contributed by atoms with Gasteiger partial charge in [0.1, 0.15) is 11.6 Å². The Hall–Kier alpha value is -2.05. The molecule has 22 heavy (non-hydrogen) atoms. The molecule has 0 spiro atoms. The molecule has 0 unspecified atom stereocenters. The topological polar surface area (TPSA) is 67.2 Å². The molecule has 6 nitrogen and oxygen atoms in total. The number of carbonyl (C=O) groups is 1. The molecule has 2 aromatic rings. The van der Waals surface area contributed by atoms with Crippen molar-refractivity contribution in [2.24, 2.45) is 0 Å². The number of benzene rings is 1. The lowest BCUT2D eigenvalue weighted by Crippen LogP contribution is -2.29. The molecule has 0 saturated heterocycles. The Bertz CT molecular complexity index is 741. The Morgan fingerprint density at radius 2 is 1.91 bits per heavy atom. The number of amides is 1. The Kier molecular flexibility index (Phi) is 5.05. The van der Waals surface area contributed by atoms with E-state index in [4.69, 9.17) is 23.2 Å². The van der Waals surface area contributed by atoms with Crippen LogP contribution in [0.25, 0.3) is 0 Å². The molecule has 0 aliphatic carbocycles. The average Bonchev–Trinajstić information content (AvgIpc) is 2.48. The predicted octanol–water partition coefficient (Wildman–Crippen LogP) is 2.25. The van der Waals surface area contributed by atoms with Gasteiger partial charge in [-0.3, -0.25) is 9.59 Å². The third kappa shape index (κ3) is 3.78. The van der Waals surface area contributed by atoms with Gasteiger partial charge in [-0.25, -0.2) is 4.68 Å². The molecule has 0 radical (unpaired) electrons. The van der Waals surface area contributed by atoms with Crippen molar-refractivity contribution in [3.63, 3.8) is 0 Å². The Morgan fingerprint density at radius 3 is 2.50 bits per heavy atom. The van der Waals surface area contributed by atoms with E-state index >= 15 is 0 Å². The van der Waals surface area contributed by atoms with E-state index < -0.39 is 5.56 Å². The molecule has 1 heterocycles. The van der Waals surface area contributed by atoms with Gasteiger partial charge in [-0.1, -0.05) is 23.2 Å². The summed E-state index contributed by atoms with van der Waals surface area (Å²) in [6.45, 7) is -0.245. The highest BCUT2D eigenvalue weighted by Gasteiger charge is 2.11. The second kappa shape index (κ2) is 6.81. The first-order chi connectivity index (χ1) is 10.4. The zero-order valence-corrected chi connectivity index (χ0v) is 13.5. The van der Waals surface area contributed by atoms with Crippen molar-refractivity contribution in [2.75, 3.05) is 24.3 Å². The zero-order chi connectivity index (χ0) is 16.3.